The van der Waals surface area contributed by atoms with Gasteiger partial charge in [-0.25, -0.2) is 0 Å². The van der Waals surface area contributed by atoms with Gasteiger partial charge in [0.25, 0.3) is 0 Å². The topological polar surface area (TPSA) is 49.0 Å². The molecular formula is C13H23N3O. The van der Waals surface area contributed by atoms with Crippen LogP contribution in [0.5, 0.6) is 0 Å². The Labute approximate surface area is 103 Å². The normalized spacial score (nSPS) is 10.5. The molecule has 0 atom stereocenters. The fourth-order valence-electron chi connectivity index (χ4n) is 1.72. The maximum absolute atomic E-state index is 12.1. The van der Waals surface area contributed by atoms with Gasteiger partial charge in [-0.2, -0.15) is 5.10 Å². The molecule has 1 aromatic heterocycles. The summed E-state index contributed by atoms with van der Waals surface area (Å²) in [6, 6.07) is 1.86. The molecule has 0 aliphatic heterocycles. The standard InChI is InChI=1S/C13H23N3O/c1-3-5-9-16(10-6-4-2)13(17)11-12-7-8-14-15-12/h7-8H,3-6,9-11H2,1-2H3,(H,14,15). The Kier molecular flexibility index (Phi) is 6.37. The third kappa shape index (κ3) is 5.02. The predicted octanol–water partition coefficient (Wildman–Crippen LogP) is 2.38. The van der Waals surface area contributed by atoms with Gasteiger partial charge >= 0.3 is 0 Å². The Bertz CT molecular complexity index is 300. The molecule has 0 fully saturated rings. The van der Waals surface area contributed by atoms with Crippen molar-refractivity contribution in [1.29, 1.82) is 0 Å². The second-order valence-electron chi connectivity index (χ2n) is 4.35. The molecule has 0 saturated heterocycles. The molecule has 0 radical (unpaired) electrons. The average Bonchev–Trinajstić information content (AvgIpc) is 2.82. The Hall–Kier alpha value is -1.32. The van der Waals surface area contributed by atoms with Crippen LogP contribution < -0.4 is 0 Å². The fourth-order valence-corrected chi connectivity index (χ4v) is 1.72. The SMILES string of the molecule is CCCCN(CCCC)C(=O)Cc1ccn[nH]1. The van der Waals surface area contributed by atoms with Gasteiger partial charge in [0.05, 0.1) is 6.42 Å². The van der Waals surface area contributed by atoms with Crippen LogP contribution in [0.2, 0.25) is 0 Å². The van der Waals surface area contributed by atoms with E-state index < -0.39 is 0 Å². The minimum absolute atomic E-state index is 0.205. The highest BCUT2D eigenvalue weighted by Crippen LogP contribution is 2.04. The van der Waals surface area contributed by atoms with Crippen LogP contribution >= 0.6 is 0 Å². The molecule has 0 unspecified atom stereocenters. The zero-order valence-electron chi connectivity index (χ0n) is 10.9. The summed E-state index contributed by atoms with van der Waals surface area (Å²) in [5, 5.41) is 6.70. The molecular weight excluding hydrogens is 214 g/mol. The van der Waals surface area contributed by atoms with Crippen molar-refractivity contribution in [3.63, 3.8) is 0 Å². The number of unbranched alkanes of at least 4 members (excludes halogenated alkanes) is 2. The molecule has 0 spiro atoms. The predicted molar refractivity (Wildman–Crippen MR) is 68.7 cm³/mol. The van der Waals surface area contributed by atoms with Crippen LogP contribution in [0.4, 0.5) is 0 Å². The van der Waals surface area contributed by atoms with Gasteiger partial charge in [0.15, 0.2) is 0 Å². The van der Waals surface area contributed by atoms with Crippen LogP contribution in [-0.2, 0) is 11.2 Å². The lowest BCUT2D eigenvalue weighted by Crippen LogP contribution is -2.34. The summed E-state index contributed by atoms with van der Waals surface area (Å²) in [7, 11) is 0. The second-order valence-corrected chi connectivity index (χ2v) is 4.35. The van der Waals surface area contributed by atoms with Crippen molar-refractivity contribution in [2.75, 3.05) is 13.1 Å². The highest BCUT2D eigenvalue weighted by Gasteiger charge is 2.13. The van der Waals surface area contributed by atoms with Gasteiger partial charge in [0.2, 0.25) is 5.91 Å². The molecule has 0 aliphatic carbocycles. The van der Waals surface area contributed by atoms with Gasteiger partial charge < -0.3 is 4.90 Å². The van der Waals surface area contributed by atoms with Crippen molar-refractivity contribution >= 4 is 5.91 Å². The molecule has 1 amide bonds. The van der Waals surface area contributed by atoms with E-state index in [0.29, 0.717) is 6.42 Å². The maximum atomic E-state index is 12.1. The third-order valence-electron chi connectivity index (χ3n) is 2.82. The number of H-pyrrole nitrogens is 1. The van der Waals surface area contributed by atoms with E-state index in [-0.39, 0.29) is 5.91 Å². The molecule has 0 bridgehead atoms. The first-order chi connectivity index (χ1) is 8.27. The average molecular weight is 237 g/mol. The summed E-state index contributed by atoms with van der Waals surface area (Å²) in [6.45, 7) is 6.06. The zero-order chi connectivity index (χ0) is 12.5. The molecule has 0 aliphatic rings. The fraction of sp³-hybridized carbons (Fsp3) is 0.692. The summed E-state index contributed by atoms with van der Waals surface area (Å²) >= 11 is 0. The van der Waals surface area contributed by atoms with Crippen molar-refractivity contribution in [3.8, 4) is 0 Å². The van der Waals surface area contributed by atoms with E-state index in [9.17, 15) is 4.79 Å². The van der Waals surface area contributed by atoms with Crippen LogP contribution in [-0.4, -0.2) is 34.1 Å². The Balaban J connectivity index is 2.46. The van der Waals surface area contributed by atoms with Gasteiger partial charge in [-0.15, -0.1) is 0 Å². The number of carbonyl (C=O) groups is 1. The smallest absolute Gasteiger partial charge is 0.228 e. The van der Waals surface area contributed by atoms with Crippen molar-refractivity contribution in [3.05, 3.63) is 18.0 Å². The Morgan fingerprint density at radius 1 is 1.29 bits per heavy atom. The summed E-state index contributed by atoms with van der Waals surface area (Å²) in [5.41, 5.74) is 0.896. The number of amides is 1. The van der Waals surface area contributed by atoms with E-state index in [1.807, 2.05) is 11.0 Å². The quantitative estimate of drug-likeness (QED) is 0.754. The number of aromatic nitrogens is 2. The summed E-state index contributed by atoms with van der Waals surface area (Å²) in [6.07, 6.45) is 6.54. The first kappa shape index (κ1) is 13.7. The van der Waals surface area contributed by atoms with Crippen LogP contribution in [0.3, 0.4) is 0 Å². The molecule has 0 saturated carbocycles. The number of nitrogens with one attached hydrogen (secondary N) is 1. The van der Waals surface area contributed by atoms with Crippen molar-refractivity contribution in [2.24, 2.45) is 0 Å². The zero-order valence-corrected chi connectivity index (χ0v) is 10.9. The third-order valence-corrected chi connectivity index (χ3v) is 2.82. The summed E-state index contributed by atoms with van der Waals surface area (Å²) < 4.78 is 0. The molecule has 4 nitrogen and oxygen atoms in total. The van der Waals surface area contributed by atoms with E-state index in [2.05, 4.69) is 24.0 Å². The lowest BCUT2D eigenvalue weighted by atomic mass is 10.2. The summed E-state index contributed by atoms with van der Waals surface area (Å²) in [5.74, 6) is 0.205. The molecule has 4 heteroatoms. The number of nitrogens with zero attached hydrogens (tertiary/aromatic N) is 2. The second kappa shape index (κ2) is 7.87. The van der Waals surface area contributed by atoms with Gasteiger partial charge in [-0.05, 0) is 18.9 Å². The Morgan fingerprint density at radius 3 is 2.41 bits per heavy atom. The molecule has 1 heterocycles. The number of hydrogen-bond donors (Lipinski definition) is 1. The lowest BCUT2D eigenvalue weighted by molar-refractivity contribution is -0.130. The van der Waals surface area contributed by atoms with Gasteiger partial charge in [-0.3, -0.25) is 9.89 Å². The maximum Gasteiger partial charge on any atom is 0.228 e. The molecule has 1 rings (SSSR count). The van der Waals surface area contributed by atoms with Crippen LogP contribution in [0.1, 0.15) is 45.2 Å². The first-order valence-corrected chi connectivity index (χ1v) is 6.54. The highest BCUT2D eigenvalue weighted by molar-refractivity contribution is 5.78. The van der Waals surface area contributed by atoms with E-state index in [1.54, 1.807) is 6.20 Å². The van der Waals surface area contributed by atoms with Crippen LogP contribution in [0, 0.1) is 0 Å². The lowest BCUT2D eigenvalue weighted by Gasteiger charge is -2.22. The van der Waals surface area contributed by atoms with Crippen molar-refractivity contribution in [2.45, 2.75) is 46.0 Å². The molecule has 1 N–H and O–H groups in total. The Morgan fingerprint density at radius 2 is 1.94 bits per heavy atom. The summed E-state index contributed by atoms with van der Waals surface area (Å²) in [4.78, 5) is 14.1. The van der Waals surface area contributed by atoms with Gasteiger partial charge in [-0.1, -0.05) is 26.7 Å². The number of aromatic amines is 1. The minimum atomic E-state index is 0.205. The minimum Gasteiger partial charge on any atom is -0.342 e. The number of hydrogen-bond acceptors (Lipinski definition) is 2. The van der Waals surface area contributed by atoms with E-state index in [4.69, 9.17) is 0 Å². The van der Waals surface area contributed by atoms with Crippen molar-refractivity contribution < 1.29 is 4.79 Å². The molecule has 96 valence electrons. The first-order valence-electron chi connectivity index (χ1n) is 6.54. The van der Waals surface area contributed by atoms with E-state index in [1.165, 1.54) is 0 Å². The van der Waals surface area contributed by atoms with Crippen LogP contribution in [0.25, 0.3) is 0 Å². The van der Waals surface area contributed by atoms with Gasteiger partial charge in [0.1, 0.15) is 0 Å². The number of carbonyl (C=O) groups excluding carboxylic acids is 1. The van der Waals surface area contributed by atoms with Crippen molar-refractivity contribution in [1.82, 2.24) is 15.1 Å². The molecule has 1 aromatic rings. The molecule has 17 heavy (non-hydrogen) atoms. The largest absolute Gasteiger partial charge is 0.342 e. The molecule has 0 aromatic carbocycles. The monoisotopic (exact) mass is 237 g/mol. The van der Waals surface area contributed by atoms with E-state index in [0.717, 1.165) is 44.5 Å². The number of rotatable bonds is 8. The van der Waals surface area contributed by atoms with E-state index >= 15 is 0 Å². The van der Waals surface area contributed by atoms with Gasteiger partial charge in [0, 0.05) is 25.0 Å². The highest BCUT2D eigenvalue weighted by atomic mass is 16.2. The van der Waals surface area contributed by atoms with Crippen LogP contribution in [0.15, 0.2) is 12.3 Å².